The fourth-order valence-corrected chi connectivity index (χ4v) is 3.45. The van der Waals surface area contributed by atoms with Crippen LogP contribution in [0.15, 0.2) is 18.2 Å². The second kappa shape index (κ2) is 8.83. The van der Waals surface area contributed by atoms with E-state index in [0.29, 0.717) is 18.7 Å². The van der Waals surface area contributed by atoms with Gasteiger partial charge >= 0.3 is 5.97 Å². The van der Waals surface area contributed by atoms with E-state index >= 15 is 0 Å². The van der Waals surface area contributed by atoms with E-state index in [4.69, 9.17) is 5.11 Å². The number of amides is 2. The molecule has 142 valence electrons. The van der Waals surface area contributed by atoms with E-state index in [9.17, 15) is 14.4 Å². The molecule has 0 bridgehead atoms. The molecule has 26 heavy (non-hydrogen) atoms. The Bertz CT molecular complexity index is 674. The number of aromatic carboxylic acids is 1. The van der Waals surface area contributed by atoms with E-state index in [1.165, 1.54) is 6.07 Å². The molecule has 6 heteroatoms. The van der Waals surface area contributed by atoms with Gasteiger partial charge in [-0.05, 0) is 56.4 Å². The van der Waals surface area contributed by atoms with E-state index in [2.05, 4.69) is 5.32 Å². The maximum Gasteiger partial charge on any atom is 0.335 e. The molecule has 0 spiro atoms. The molecule has 0 saturated carbocycles. The molecule has 0 aliphatic carbocycles. The summed E-state index contributed by atoms with van der Waals surface area (Å²) >= 11 is 0. The molecular weight excluding hydrogens is 332 g/mol. The van der Waals surface area contributed by atoms with Crippen molar-refractivity contribution >= 4 is 17.8 Å². The number of nitrogens with one attached hydrogen (secondary N) is 1. The number of carboxylic acids is 1. The highest BCUT2D eigenvalue weighted by Gasteiger charge is 2.27. The molecule has 1 aliphatic heterocycles. The lowest BCUT2D eigenvalue weighted by Gasteiger charge is -2.34. The van der Waals surface area contributed by atoms with Gasteiger partial charge in [-0.2, -0.15) is 0 Å². The van der Waals surface area contributed by atoms with Gasteiger partial charge < -0.3 is 15.3 Å². The molecule has 1 heterocycles. The molecule has 2 amide bonds. The van der Waals surface area contributed by atoms with Gasteiger partial charge in [-0.15, -0.1) is 0 Å². The number of piperidine rings is 1. The van der Waals surface area contributed by atoms with Crippen LogP contribution in [0.5, 0.6) is 0 Å². The quantitative estimate of drug-likeness (QED) is 0.817. The van der Waals surface area contributed by atoms with Gasteiger partial charge in [-0.3, -0.25) is 9.59 Å². The Morgan fingerprint density at radius 1 is 1.12 bits per heavy atom. The standard InChI is InChI=1S/C20H28N2O4/c1-4-14(5-2)19(24)22-8-6-17(7-9-22)21-18(23)15-10-13(3)11-16(12-15)20(25)26/h10-12,14,17H,4-9H2,1-3H3,(H,21,23)(H,25,26). The fraction of sp³-hybridized carbons (Fsp3) is 0.550. The molecule has 2 rings (SSSR count). The number of carboxylic acid groups (broad SMARTS) is 1. The molecule has 0 atom stereocenters. The van der Waals surface area contributed by atoms with Crippen LogP contribution in [0.3, 0.4) is 0 Å². The summed E-state index contributed by atoms with van der Waals surface area (Å²) in [7, 11) is 0. The van der Waals surface area contributed by atoms with Crippen LogP contribution in [0.1, 0.15) is 65.8 Å². The van der Waals surface area contributed by atoms with Crippen molar-refractivity contribution in [2.75, 3.05) is 13.1 Å². The van der Waals surface area contributed by atoms with E-state index in [1.54, 1.807) is 19.1 Å². The number of benzene rings is 1. The van der Waals surface area contributed by atoms with Gasteiger partial charge in [0.25, 0.3) is 5.91 Å². The molecule has 1 aromatic rings. The zero-order chi connectivity index (χ0) is 19.3. The Labute approximate surface area is 154 Å². The predicted molar refractivity (Wildman–Crippen MR) is 99.3 cm³/mol. The SMILES string of the molecule is CCC(CC)C(=O)N1CCC(NC(=O)c2cc(C)cc(C(=O)O)c2)CC1. The summed E-state index contributed by atoms with van der Waals surface area (Å²) < 4.78 is 0. The first kappa shape index (κ1) is 19.9. The number of aryl methyl sites for hydroxylation is 1. The number of hydrogen-bond donors (Lipinski definition) is 2. The van der Waals surface area contributed by atoms with Gasteiger partial charge in [0.2, 0.25) is 5.91 Å². The van der Waals surface area contributed by atoms with Crippen molar-refractivity contribution < 1.29 is 19.5 Å². The first-order valence-corrected chi connectivity index (χ1v) is 9.30. The van der Waals surface area contributed by atoms with Crippen LogP contribution in [-0.2, 0) is 4.79 Å². The summed E-state index contributed by atoms with van der Waals surface area (Å²) in [6.07, 6.45) is 3.14. The topological polar surface area (TPSA) is 86.7 Å². The average molecular weight is 360 g/mol. The summed E-state index contributed by atoms with van der Waals surface area (Å²) in [6, 6.07) is 4.63. The third-order valence-corrected chi connectivity index (χ3v) is 5.06. The van der Waals surface area contributed by atoms with Crippen molar-refractivity contribution in [1.29, 1.82) is 0 Å². The highest BCUT2D eigenvalue weighted by molar-refractivity contribution is 5.98. The van der Waals surface area contributed by atoms with Crippen molar-refractivity contribution in [3.63, 3.8) is 0 Å². The van der Waals surface area contributed by atoms with E-state index in [0.717, 1.165) is 31.2 Å². The van der Waals surface area contributed by atoms with Crippen molar-refractivity contribution in [2.24, 2.45) is 5.92 Å². The minimum atomic E-state index is -1.05. The van der Waals surface area contributed by atoms with E-state index in [-0.39, 0.29) is 29.3 Å². The Balaban J connectivity index is 1.94. The van der Waals surface area contributed by atoms with E-state index in [1.807, 2.05) is 18.7 Å². The maximum absolute atomic E-state index is 12.5. The van der Waals surface area contributed by atoms with Gasteiger partial charge in [-0.1, -0.05) is 13.8 Å². The maximum atomic E-state index is 12.5. The molecule has 0 radical (unpaired) electrons. The zero-order valence-corrected chi connectivity index (χ0v) is 15.7. The van der Waals surface area contributed by atoms with E-state index < -0.39 is 5.97 Å². The Morgan fingerprint density at radius 2 is 1.69 bits per heavy atom. The molecule has 6 nitrogen and oxygen atoms in total. The van der Waals surface area contributed by atoms with Gasteiger partial charge in [0.1, 0.15) is 0 Å². The Kier molecular flexibility index (Phi) is 6.77. The number of rotatable bonds is 6. The van der Waals surface area contributed by atoms with Crippen LogP contribution in [0.2, 0.25) is 0 Å². The number of carbonyl (C=O) groups excluding carboxylic acids is 2. The first-order chi connectivity index (χ1) is 12.3. The molecule has 1 saturated heterocycles. The Morgan fingerprint density at radius 3 is 2.23 bits per heavy atom. The van der Waals surface area contributed by atoms with Crippen molar-refractivity contribution in [2.45, 2.75) is 52.5 Å². The first-order valence-electron chi connectivity index (χ1n) is 9.30. The molecule has 2 N–H and O–H groups in total. The summed E-state index contributed by atoms with van der Waals surface area (Å²) in [5, 5.41) is 12.1. The molecule has 1 aromatic carbocycles. The van der Waals surface area contributed by atoms with Crippen LogP contribution in [0.4, 0.5) is 0 Å². The van der Waals surface area contributed by atoms with Crippen molar-refractivity contribution in [3.8, 4) is 0 Å². The minimum Gasteiger partial charge on any atom is -0.478 e. The minimum absolute atomic E-state index is 0.00189. The lowest BCUT2D eigenvalue weighted by molar-refractivity contribution is -0.136. The predicted octanol–water partition coefficient (Wildman–Crippen LogP) is 2.85. The lowest BCUT2D eigenvalue weighted by atomic mass is 9.98. The van der Waals surface area contributed by atoms with Crippen LogP contribution >= 0.6 is 0 Å². The summed E-state index contributed by atoms with van der Waals surface area (Å²) in [6.45, 7) is 7.13. The normalized spacial score (nSPS) is 15.2. The average Bonchev–Trinajstić information content (AvgIpc) is 2.62. The van der Waals surface area contributed by atoms with Crippen molar-refractivity contribution in [3.05, 3.63) is 34.9 Å². The monoisotopic (exact) mass is 360 g/mol. The fourth-order valence-electron chi connectivity index (χ4n) is 3.45. The van der Waals surface area contributed by atoms with Crippen LogP contribution < -0.4 is 5.32 Å². The van der Waals surface area contributed by atoms with Crippen LogP contribution in [0, 0.1) is 12.8 Å². The smallest absolute Gasteiger partial charge is 0.335 e. The summed E-state index contributed by atoms with van der Waals surface area (Å²) in [4.78, 5) is 38.0. The highest BCUT2D eigenvalue weighted by atomic mass is 16.4. The second-order valence-electron chi connectivity index (χ2n) is 6.98. The van der Waals surface area contributed by atoms with Gasteiger partial charge in [0.05, 0.1) is 5.56 Å². The van der Waals surface area contributed by atoms with Gasteiger partial charge in [0, 0.05) is 30.6 Å². The molecule has 0 aromatic heterocycles. The third-order valence-electron chi connectivity index (χ3n) is 5.06. The third kappa shape index (κ3) is 4.84. The van der Waals surface area contributed by atoms with Gasteiger partial charge in [0.15, 0.2) is 0 Å². The number of hydrogen-bond acceptors (Lipinski definition) is 3. The number of carbonyl (C=O) groups is 3. The van der Waals surface area contributed by atoms with Crippen LogP contribution in [-0.4, -0.2) is 46.9 Å². The largest absolute Gasteiger partial charge is 0.478 e. The number of nitrogens with zero attached hydrogens (tertiary/aromatic N) is 1. The molecular formula is C20H28N2O4. The molecule has 1 aliphatic rings. The summed E-state index contributed by atoms with van der Waals surface area (Å²) in [5.74, 6) is -1.01. The number of likely N-dealkylation sites (tertiary alicyclic amines) is 1. The van der Waals surface area contributed by atoms with Crippen molar-refractivity contribution in [1.82, 2.24) is 10.2 Å². The zero-order valence-electron chi connectivity index (χ0n) is 15.7. The summed E-state index contributed by atoms with van der Waals surface area (Å²) in [5.41, 5.74) is 1.21. The van der Waals surface area contributed by atoms with Gasteiger partial charge in [-0.25, -0.2) is 4.79 Å². The molecule has 1 fully saturated rings. The highest BCUT2D eigenvalue weighted by Crippen LogP contribution is 2.18. The molecule has 0 unspecified atom stereocenters. The second-order valence-corrected chi connectivity index (χ2v) is 6.98. The Hall–Kier alpha value is -2.37. The van der Waals surface area contributed by atoms with Crippen LogP contribution in [0.25, 0.3) is 0 Å². The lowest BCUT2D eigenvalue weighted by Crippen LogP contribution is -2.48.